The summed E-state index contributed by atoms with van der Waals surface area (Å²) in [6, 6.07) is 0. The number of unbranched alkanes of at least 4 members (excludes halogenated alkanes) is 7. The fraction of sp³-hybridized carbons (Fsp3) is 0.917. The minimum atomic E-state index is -3.89. The molecule has 0 spiro atoms. The van der Waals surface area contributed by atoms with Crippen molar-refractivity contribution < 1.29 is 21.6 Å². The Labute approximate surface area is 109 Å². The van der Waals surface area contributed by atoms with Gasteiger partial charge in [-0.25, -0.2) is 8.37 Å². The fourth-order valence-corrected chi connectivity index (χ4v) is 2.99. The Kier molecular flexibility index (Phi) is 6.25. The van der Waals surface area contributed by atoms with Gasteiger partial charge in [-0.15, -0.1) is 0 Å². The number of hydrogen-bond donors (Lipinski definition) is 0. The molecule has 0 bridgehead atoms. The van der Waals surface area contributed by atoms with Crippen LogP contribution in [-0.2, 0) is 23.6 Å². The third-order valence-electron chi connectivity index (χ3n) is 3.04. The van der Waals surface area contributed by atoms with Gasteiger partial charge in [-0.3, -0.25) is 4.79 Å². The van der Waals surface area contributed by atoms with Gasteiger partial charge in [0.05, 0.1) is 0 Å². The fourth-order valence-electron chi connectivity index (χ4n) is 2.04. The standard InChI is InChI=1S/C12H22O5S/c1-2-3-4-5-6-7-8-9-10-12(11-13)16-18(14,15)17-12/h11H,2-10H2,1H3. The molecule has 0 aromatic carbocycles. The van der Waals surface area contributed by atoms with E-state index in [1.54, 1.807) is 0 Å². The molecule has 0 N–H and O–H groups in total. The first-order valence-electron chi connectivity index (χ1n) is 6.66. The van der Waals surface area contributed by atoms with Gasteiger partial charge < -0.3 is 0 Å². The second-order valence-corrected chi connectivity index (χ2v) is 5.88. The van der Waals surface area contributed by atoms with Crippen LogP contribution < -0.4 is 0 Å². The summed E-state index contributed by atoms with van der Waals surface area (Å²) in [4.78, 5) is 10.7. The number of carbonyl (C=O) groups is 1. The topological polar surface area (TPSA) is 69.7 Å². The Balaban J connectivity index is 2.02. The number of hydrogen-bond acceptors (Lipinski definition) is 5. The van der Waals surface area contributed by atoms with Crippen LogP contribution in [0.2, 0.25) is 0 Å². The summed E-state index contributed by atoms with van der Waals surface area (Å²) in [7, 11) is -3.89. The van der Waals surface area contributed by atoms with E-state index < -0.39 is 16.2 Å². The number of carbonyl (C=O) groups excluding carboxylic acids is 1. The highest BCUT2D eigenvalue weighted by atomic mass is 32.3. The summed E-state index contributed by atoms with van der Waals surface area (Å²) >= 11 is 0. The number of aldehydes is 1. The summed E-state index contributed by atoms with van der Waals surface area (Å²) in [5, 5.41) is 0. The quantitative estimate of drug-likeness (QED) is 0.454. The highest BCUT2D eigenvalue weighted by Gasteiger charge is 2.51. The third kappa shape index (κ3) is 5.04. The van der Waals surface area contributed by atoms with Gasteiger partial charge in [0, 0.05) is 6.42 Å². The predicted molar refractivity (Wildman–Crippen MR) is 67.1 cm³/mol. The zero-order valence-electron chi connectivity index (χ0n) is 10.9. The zero-order valence-corrected chi connectivity index (χ0v) is 11.7. The molecule has 0 amide bonds. The van der Waals surface area contributed by atoms with Crippen LogP contribution in [0, 0.1) is 0 Å². The highest BCUT2D eigenvalue weighted by Crippen LogP contribution is 2.33. The van der Waals surface area contributed by atoms with Crippen molar-refractivity contribution in [2.24, 2.45) is 0 Å². The smallest absolute Gasteiger partial charge is 0.297 e. The maximum absolute atomic E-state index is 10.7. The molecule has 6 heteroatoms. The van der Waals surface area contributed by atoms with Crippen LogP contribution in [0.25, 0.3) is 0 Å². The van der Waals surface area contributed by atoms with Crippen molar-refractivity contribution >= 4 is 16.7 Å². The molecule has 106 valence electrons. The Morgan fingerprint density at radius 2 is 1.44 bits per heavy atom. The van der Waals surface area contributed by atoms with E-state index >= 15 is 0 Å². The van der Waals surface area contributed by atoms with Gasteiger partial charge >= 0.3 is 10.4 Å². The van der Waals surface area contributed by atoms with E-state index in [0.717, 1.165) is 19.3 Å². The highest BCUT2D eigenvalue weighted by molar-refractivity contribution is 7.82. The molecule has 0 saturated carbocycles. The number of rotatable bonds is 10. The van der Waals surface area contributed by atoms with Crippen LogP contribution in [0.3, 0.4) is 0 Å². The largest absolute Gasteiger partial charge is 0.406 e. The molecule has 1 aliphatic rings. The van der Waals surface area contributed by atoms with Crippen LogP contribution in [-0.4, -0.2) is 20.5 Å². The molecular formula is C12H22O5S. The average molecular weight is 278 g/mol. The first kappa shape index (κ1) is 15.6. The van der Waals surface area contributed by atoms with Gasteiger partial charge in [-0.1, -0.05) is 51.9 Å². The van der Waals surface area contributed by atoms with E-state index in [1.165, 1.54) is 32.1 Å². The predicted octanol–water partition coefficient (Wildman–Crippen LogP) is 2.70. The maximum atomic E-state index is 10.7. The SMILES string of the molecule is CCCCCCCCCCC1(C=O)OS(=O)(=O)O1. The van der Waals surface area contributed by atoms with Crippen LogP contribution >= 0.6 is 0 Å². The molecule has 0 aromatic heterocycles. The van der Waals surface area contributed by atoms with Crippen molar-refractivity contribution in [3.8, 4) is 0 Å². The summed E-state index contributed by atoms with van der Waals surface area (Å²) in [6.07, 6.45) is 9.78. The minimum absolute atomic E-state index is 0.310. The minimum Gasteiger partial charge on any atom is -0.297 e. The average Bonchev–Trinajstić information content (AvgIpc) is 2.29. The van der Waals surface area contributed by atoms with Gasteiger partial charge in [0.15, 0.2) is 6.29 Å². The van der Waals surface area contributed by atoms with Crippen molar-refractivity contribution in [2.45, 2.75) is 70.5 Å². The van der Waals surface area contributed by atoms with E-state index in [-0.39, 0.29) is 0 Å². The normalized spacial score (nSPS) is 20.3. The summed E-state index contributed by atoms with van der Waals surface area (Å²) < 4.78 is 30.4. The lowest BCUT2D eigenvalue weighted by Crippen LogP contribution is -2.51. The lowest BCUT2D eigenvalue weighted by Gasteiger charge is -2.34. The summed E-state index contributed by atoms with van der Waals surface area (Å²) in [5.74, 6) is -1.53. The van der Waals surface area contributed by atoms with Crippen molar-refractivity contribution in [3.63, 3.8) is 0 Å². The van der Waals surface area contributed by atoms with Crippen LogP contribution in [0.15, 0.2) is 0 Å². The Morgan fingerprint density at radius 1 is 0.944 bits per heavy atom. The molecule has 0 unspecified atom stereocenters. The molecule has 5 nitrogen and oxygen atoms in total. The second kappa shape index (κ2) is 7.21. The second-order valence-electron chi connectivity index (χ2n) is 4.73. The van der Waals surface area contributed by atoms with Crippen molar-refractivity contribution in [1.29, 1.82) is 0 Å². The van der Waals surface area contributed by atoms with Crippen LogP contribution in [0.1, 0.15) is 64.7 Å². The van der Waals surface area contributed by atoms with Gasteiger partial charge in [0.1, 0.15) is 0 Å². The van der Waals surface area contributed by atoms with E-state index in [4.69, 9.17) is 0 Å². The Bertz CT molecular complexity index is 337. The molecule has 1 rings (SSSR count). The molecular weight excluding hydrogens is 256 g/mol. The molecule has 0 aliphatic carbocycles. The van der Waals surface area contributed by atoms with E-state index in [2.05, 4.69) is 15.3 Å². The van der Waals surface area contributed by atoms with E-state index in [0.29, 0.717) is 12.7 Å². The zero-order chi connectivity index (χ0) is 13.5. The van der Waals surface area contributed by atoms with Crippen molar-refractivity contribution in [1.82, 2.24) is 0 Å². The molecule has 1 saturated heterocycles. The van der Waals surface area contributed by atoms with Crippen LogP contribution in [0.5, 0.6) is 0 Å². The van der Waals surface area contributed by atoms with Crippen LogP contribution in [0.4, 0.5) is 0 Å². The molecule has 1 aliphatic heterocycles. The third-order valence-corrected chi connectivity index (χ3v) is 4.02. The van der Waals surface area contributed by atoms with Crippen molar-refractivity contribution in [3.05, 3.63) is 0 Å². The van der Waals surface area contributed by atoms with Gasteiger partial charge in [0.2, 0.25) is 0 Å². The molecule has 0 aromatic rings. The van der Waals surface area contributed by atoms with Crippen molar-refractivity contribution in [2.75, 3.05) is 0 Å². The van der Waals surface area contributed by atoms with Gasteiger partial charge in [-0.2, -0.15) is 8.42 Å². The van der Waals surface area contributed by atoms with Gasteiger partial charge in [0.25, 0.3) is 5.79 Å². The summed E-state index contributed by atoms with van der Waals surface area (Å²) in [5.41, 5.74) is 0. The Hall–Kier alpha value is -0.460. The van der Waals surface area contributed by atoms with Gasteiger partial charge in [-0.05, 0) is 6.42 Å². The summed E-state index contributed by atoms with van der Waals surface area (Å²) in [6.45, 7) is 2.19. The first-order chi connectivity index (χ1) is 8.54. The maximum Gasteiger partial charge on any atom is 0.406 e. The lowest BCUT2D eigenvalue weighted by atomic mass is 10.0. The lowest BCUT2D eigenvalue weighted by molar-refractivity contribution is -0.186. The molecule has 0 atom stereocenters. The molecule has 0 radical (unpaired) electrons. The van der Waals surface area contributed by atoms with E-state index in [1.807, 2.05) is 0 Å². The Morgan fingerprint density at radius 3 is 1.89 bits per heavy atom. The molecule has 1 fully saturated rings. The molecule has 1 heterocycles. The molecule has 18 heavy (non-hydrogen) atoms. The first-order valence-corrected chi connectivity index (χ1v) is 7.99. The van der Waals surface area contributed by atoms with E-state index in [9.17, 15) is 13.2 Å². The monoisotopic (exact) mass is 278 g/mol.